The van der Waals surface area contributed by atoms with Gasteiger partial charge in [0.25, 0.3) is 0 Å². The van der Waals surface area contributed by atoms with E-state index in [1.165, 1.54) is 7.11 Å². The molecule has 0 bridgehead atoms. The summed E-state index contributed by atoms with van der Waals surface area (Å²) >= 11 is 0. The summed E-state index contributed by atoms with van der Waals surface area (Å²) in [6.45, 7) is 0. The average molecular weight is 258 g/mol. The second-order valence-electron chi connectivity index (χ2n) is 3.91. The lowest BCUT2D eigenvalue weighted by atomic mass is 10.1. The molecule has 0 aliphatic rings. The Balaban J connectivity index is 2.24. The molecule has 2 aromatic rings. The second-order valence-corrected chi connectivity index (χ2v) is 3.91. The minimum atomic E-state index is -0.943. The predicted octanol–water partition coefficient (Wildman–Crippen LogP) is 2.33. The van der Waals surface area contributed by atoms with Crippen molar-refractivity contribution in [1.82, 2.24) is 4.98 Å². The number of hydrogen-bond acceptors (Lipinski definition) is 4. The predicted molar refractivity (Wildman–Crippen MR) is 71.2 cm³/mol. The fourth-order valence-corrected chi connectivity index (χ4v) is 1.71. The molecule has 0 saturated heterocycles. The largest absolute Gasteiger partial charge is 0.481 e. The number of carboxylic acids is 1. The van der Waals surface area contributed by atoms with Gasteiger partial charge in [-0.25, -0.2) is 9.78 Å². The van der Waals surface area contributed by atoms with E-state index in [0.29, 0.717) is 17.1 Å². The number of nitrogens with one attached hydrogen (secondary N) is 1. The van der Waals surface area contributed by atoms with E-state index in [2.05, 4.69) is 10.3 Å². The smallest absolute Gasteiger partial charge is 0.330 e. The molecule has 1 atom stereocenters. The summed E-state index contributed by atoms with van der Waals surface area (Å²) < 4.78 is 5.00. The Morgan fingerprint density at radius 2 is 2.05 bits per heavy atom. The minimum absolute atomic E-state index is 0.433. The van der Waals surface area contributed by atoms with Crippen LogP contribution in [0.25, 0.3) is 0 Å². The van der Waals surface area contributed by atoms with E-state index in [0.717, 1.165) is 0 Å². The number of benzene rings is 1. The van der Waals surface area contributed by atoms with Crippen molar-refractivity contribution in [2.24, 2.45) is 0 Å². The highest BCUT2D eigenvalue weighted by atomic mass is 16.5. The number of carboxylic acid groups (broad SMARTS) is 1. The Hall–Kier alpha value is -2.56. The number of carbonyl (C=O) groups is 1. The van der Waals surface area contributed by atoms with Gasteiger partial charge < -0.3 is 15.2 Å². The molecule has 2 N–H and O–H groups in total. The number of anilines is 1. The Labute approximate surface area is 110 Å². The molecule has 1 aromatic heterocycles. The van der Waals surface area contributed by atoms with Crippen LogP contribution in [0.5, 0.6) is 5.88 Å². The van der Waals surface area contributed by atoms with Crippen molar-refractivity contribution < 1.29 is 14.6 Å². The molecule has 0 saturated carbocycles. The Bertz CT molecular complexity index is 558. The van der Waals surface area contributed by atoms with Crippen molar-refractivity contribution in [2.45, 2.75) is 6.04 Å². The topological polar surface area (TPSA) is 71.5 Å². The van der Waals surface area contributed by atoms with Crippen molar-refractivity contribution in [3.05, 3.63) is 54.2 Å². The number of methoxy groups -OCH3 is 1. The SMILES string of the molecule is COc1cc(NC(C(=O)O)c2ccccc2)ccn1. The summed E-state index contributed by atoms with van der Waals surface area (Å²) in [7, 11) is 1.51. The van der Waals surface area contributed by atoms with Crippen LogP contribution in [-0.2, 0) is 4.79 Å². The van der Waals surface area contributed by atoms with Crippen molar-refractivity contribution >= 4 is 11.7 Å². The van der Waals surface area contributed by atoms with E-state index >= 15 is 0 Å². The molecule has 0 fully saturated rings. The van der Waals surface area contributed by atoms with Gasteiger partial charge >= 0.3 is 5.97 Å². The molecule has 5 nitrogen and oxygen atoms in total. The quantitative estimate of drug-likeness (QED) is 0.861. The summed E-state index contributed by atoms with van der Waals surface area (Å²) in [5.74, 6) is -0.510. The molecule has 0 aliphatic carbocycles. The molecular weight excluding hydrogens is 244 g/mol. The van der Waals surface area contributed by atoms with Gasteiger partial charge in [0, 0.05) is 18.0 Å². The van der Waals surface area contributed by atoms with Crippen LogP contribution in [0, 0.1) is 0 Å². The van der Waals surface area contributed by atoms with E-state index in [4.69, 9.17) is 4.74 Å². The molecule has 0 spiro atoms. The third-order valence-corrected chi connectivity index (χ3v) is 2.63. The zero-order valence-corrected chi connectivity index (χ0v) is 10.4. The monoisotopic (exact) mass is 258 g/mol. The third-order valence-electron chi connectivity index (χ3n) is 2.63. The highest BCUT2D eigenvalue weighted by Gasteiger charge is 2.19. The zero-order valence-electron chi connectivity index (χ0n) is 10.4. The maximum Gasteiger partial charge on any atom is 0.330 e. The molecule has 5 heteroatoms. The number of hydrogen-bond donors (Lipinski definition) is 2. The summed E-state index contributed by atoms with van der Waals surface area (Å²) in [6, 6.07) is 11.5. The third kappa shape index (κ3) is 3.22. The molecule has 0 radical (unpaired) electrons. The summed E-state index contributed by atoms with van der Waals surface area (Å²) in [5.41, 5.74) is 1.33. The van der Waals surface area contributed by atoms with Crippen LogP contribution in [-0.4, -0.2) is 23.2 Å². The van der Waals surface area contributed by atoms with Crippen molar-refractivity contribution in [1.29, 1.82) is 0 Å². The van der Waals surface area contributed by atoms with Crippen LogP contribution in [0.4, 0.5) is 5.69 Å². The van der Waals surface area contributed by atoms with Crippen LogP contribution >= 0.6 is 0 Å². The highest BCUT2D eigenvalue weighted by Crippen LogP contribution is 2.21. The molecule has 2 rings (SSSR count). The van der Waals surface area contributed by atoms with Gasteiger partial charge in [0.1, 0.15) is 0 Å². The first-order valence-electron chi connectivity index (χ1n) is 5.75. The van der Waals surface area contributed by atoms with Crippen LogP contribution in [0.1, 0.15) is 11.6 Å². The molecule has 1 heterocycles. The lowest BCUT2D eigenvalue weighted by Gasteiger charge is -2.16. The lowest BCUT2D eigenvalue weighted by molar-refractivity contribution is -0.138. The van der Waals surface area contributed by atoms with Gasteiger partial charge in [-0.3, -0.25) is 0 Å². The van der Waals surface area contributed by atoms with E-state index < -0.39 is 12.0 Å². The van der Waals surface area contributed by atoms with Crippen LogP contribution < -0.4 is 10.1 Å². The average Bonchev–Trinajstić information content (AvgIpc) is 2.45. The molecule has 0 amide bonds. The lowest BCUT2D eigenvalue weighted by Crippen LogP contribution is -2.20. The number of ether oxygens (including phenoxy) is 1. The first kappa shape index (κ1) is 12.9. The first-order chi connectivity index (χ1) is 9.20. The van der Waals surface area contributed by atoms with Crippen molar-refractivity contribution in [3.63, 3.8) is 0 Å². The number of rotatable bonds is 5. The van der Waals surface area contributed by atoms with Gasteiger partial charge in [0.2, 0.25) is 5.88 Å². The number of nitrogens with zero attached hydrogens (tertiary/aromatic N) is 1. The van der Waals surface area contributed by atoms with Crippen LogP contribution in [0.2, 0.25) is 0 Å². The van der Waals surface area contributed by atoms with Crippen LogP contribution in [0.15, 0.2) is 48.7 Å². The van der Waals surface area contributed by atoms with Crippen LogP contribution in [0.3, 0.4) is 0 Å². The normalized spacial score (nSPS) is 11.6. The van der Waals surface area contributed by atoms with Crippen molar-refractivity contribution in [2.75, 3.05) is 12.4 Å². The summed E-state index contributed by atoms with van der Waals surface area (Å²) in [5, 5.41) is 12.3. The molecular formula is C14H14N2O3. The van der Waals surface area contributed by atoms with Gasteiger partial charge in [-0.1, -0.05) is 30.3 Å². The van der Waals surface area contributed by atoms with E-state index in [-0.39, 0.29) is 0 Å². The minimum Gasteiger partial charge on any atom is -0.481 e. The standard InChI is InChI=1S/C14H14N2O3/c1-19-12-9-11(7-8-15-12)16-13(14(17)18)10-5-3-2-4-6-10/h2-9,13H,1H3,(H,15,16)(H,17,18). The maximum atomic E-state index is 11.3. The summed E-state index contributed by atoms with van der Waals surface area (Å²) in [6.07, 6.45) is 1.56. The van der Waals surface area contributed by atoms with E-state index in [9.17, 15) is 9.90 Å². The number of aliphatic carboxylic acids is 1. The van der Waals surface area contributed by atoms with Gasteiger partial charge in [0.15, 0.2) is 6.04 Å². The molecule has 19 heavy (non-hydrogen) atoms. The van der Waals surface area contributed by atoms with Gasteiger partial charge in [-0.2, -0.15) is 0 Å². The number of pyridine rings is 1. The zero-order chi connectivity index (χ0) is 13.7. The Morgan fingerprint density at radius 3 is 2.68 bits per heavy atom. The first-order valence-corrected chi connectivity index (χ1v) is 5.75. The fourth-order valence-electron chi connectivity index (χ4n) is 1.71. The van der Waals surface area contributed by atoms with E-state index in [1.807, 2.05) is 6.07 Å². The molecule has 0 aliphatic heterocycles. The van der Waals surface area contributed by atoms with Gasteiger partial charge in [-0.05, 0) is 11.6 Å². The van der Waals surface area contributed by atoms with E-state index in [1.54, 1.807) is 42.6 Å². The van der Waals surface area contributed by atoms with Crippen molar-refractivity contribution in [3.8, 4) is 5.88 Å². The Morgan fingerprint density at radius 1 is 1.32 bits per heavy atom. The molecule has 98 valence electrons. The van der Waals surface area contributed by atoms with Gasteiger partial charge in [-0.15, -0.1) is 0 Å². The fraction of sp³-hybridized carbons (Fsp3) is 0.143. The van der Waals surface area contributed by atoms with Gasteiger partial charge in [0.05, 0.1) is 7.11 Å². The molecule has 1 unspecified atom stereocenters. The number of aromatic nitrogens is 1. The highest BCUT2D eigenvalue weighted by molar-refractivity contribution is 5.79. The maximum absolute atomic E-state index is 11.3. The Kier molecular flexibility index (Phi) is 3.97. The summed E-state index contributed by atoms with van der Waals surface area (Å²) in [4.78, 5) is 15.3. The second kappa shape index (κ2) is 5.86. The molecule has 1 aromatic carbocycles.